The number of benzene rings is 2. The van der Waals surface area contributed by atoms with E-state index in [-0.39, 0.29) is 31.2 Å². The van der Waals surface area contributed by atoms with Crippen molar-refractivity contribution in [2.24, 2.45) is 5.92 Å². The fourth-order valence-electron chi connectivity index (χ4n) is 8.93. The molecule has 0 spiro atoms. The Bertz CT molecular complexity index is 2440. The second-order valence-electron chi connectivity index (χ2n) is 17.3. The predicted molar refractivity (Wildman–Crippen MR) is 240 cm³/mol. The summed E-state index contributed by atoms with van der Waals surface area (Å²) in [7, 11) is -2.52. The lowest BCUT2D eigenvalue weighted by Crippen LogP contribution is -2.58. The molecule has 0 unspecified atom stereocenters. The van der Waals surface area contributed by atoms with Gasteiger partial charge in [0.25, 0.3) is 5.91 Å². The summed E-state index contributed by atoms with van der Waals surface area (Å²) in [4.78, 5) is 55.4. The summed E-state index contributed by atoms with van der Waals surface area (Å²) in [6.45, 7) is 6.89. The second kappa shape index (κ2) is 18.3. The van der Waals surface area contributed by atoms with Gasteiger partial charge in [-0.2, -0.15) is 12.7 Å². The number of fused-ring (bicyclic) bond motifs is 3. The van der Waals surface area contributed by atoms with Crippen molar-refractivity contribution in [3.63, 3.8) is 0 Å². The van der Waals surface area contributed by atoms with Gasteiger partial charge in [0.2, 0.25) is 11.8 Å². The lowest BCUT2D eigenvalue weighted by Gasteiger charge is -2.30. The van der Waals surface area contributed by atoms with Crippen LogP contribution in [0.2, 0.25) is 0 Å². The number of amides is 3. The zero-order valence-corrected chi connectivity index (χ0v) is 37.5. The molecule has 4 aromatic rings. The Balaban J connectivity index is 1.14. The van der Waals surface area contributed by atoms with Crippen molar-refractivity contribution in [2.75, 3.05) is 32.1 Å². The van der Waals surface area contributed by atoms with E-state index in [9.17, 15) is 22.8 Å². The molecular formula is C46H57N7O7S2. The molecule has 3 N–H and O–H groups in total. The van der Waals surface area contributed by atoms with Crippen LogP contribution < -0.4 is 24.8 Å². The van der Waals surface area contributed by atoms with Crippen LogP contribution in [0.4, 0.5) is 5.69 Å². The Morgan fingerprint density at radius 2 is 1.77 bits per heavy atom. The Labute approximate surface area is 368 Å². The lowest BCUT2D eigenvalue weighted by molar-refractivity contribution is -0.140. The first kappa shape index (κ1) is 43.6. The summed E-state index contributed by atoms with van der Waals surface area (Å²) < 4.78 is 43.1. The Morgan fingerprint density at radius 1 is 1.00 bits per heavy atom. The number of aromatic nitrogens is 2. The van der Waals surface area contributed by atoms with Gasteiger partial charge in [-0.05, 0) is 75.6 Å². The molecule has 2 aromatic heterocycles. The number of carbonyl (C=O) groups is 3. The Hall–Kier alpha value is -5.06. The van der Waals surface area contributed by atoms with Gasteiger partial charge < -0.3 is 25.0 Å². The molecule has 8 rings (SSSR count). The molecule has 1 aliphatic carbocycles. The third kappa shape index (κ3) is 9.18. The smallest absolute Gasteiger partial charge is 0.303 e. The number of allylic oxidation sites excluding steroid dienone is 1. The van der Waals surface area contributed by atoms with E-state index >= 15 is 0 Å². The molecule has 2 aromatic carbocycles. The summed E-state index contributed by atoms with van der Waals surface area (Å²) in [6, 6.07) is 13.5. The molecule has 4 aliphatic rings. The fourth-order valence-corrected chi connectivity index (χ4v) is 11.2. The minimum Gasteiger partial charge on any atom is -0.496 e. The van der Waals surface area contributed by atoms with Crippen molar-refractivity contribution in [3.8, 4) is 22.2 Å². The minimum absolute atomic E-state index is 0.0960. The van der Waals surface area contributed by atoms with Crippen molar-refractivity contribution in [2.45, 2.75) is 115 Å². The van der Waals surface area contributed by atoms with Gasteiger partial charge in [-0.1, -0.05) is 63.5 Å². The average molecular weight is 884 g/mol. The Kier molecular flexibility index (Phi) is 12.9. The number of thiazole rings is 1. The molecule has 0 radical (unpaired) electrons. The van der Waals surface area contributed by atoms with E-state index in [1.54, 1.807) is 12.0 Å². The number of methoxy groups -OCH3 is 1. The molecule has 3 aliphatic heterocycles. The number of piperidine rings is 1. The normalized spacial score (nSPS) is 25.5. The van der Waals surface area contributed by atoms with Gasteiger partial charge in [0.15, 0.2) is 0 Å². The van der Waals surface area contributed by atoms with Crippen molar-refractivity contribution in [1.82, 2.24) is 29.2 Å². The summed E-state index contributed by atoms with van der Waals surface area (Å²) in [5, 5.41) is 9.98. The first-order chi connectivity index (χ1) is 29.9. The molecule has 5 heterocycles. The standard InChI is InChI=1S/C46H57N7O7S2/c1-29(2)37-28-61-43(49-37)36-25-40(34-20-21-39(59-4)30(3)41(34)48-36)60-33-24-38-42(54)50-46(45(56)51-62(57,58)52-22-14-9-15-23-52)26-31(46)16-10-6-5-7-13-19-35(44(55)53(38)27-33)47-32-17-11-8-12-18-32/h8,10-12,16-18,20-21,25,28-29,31,33,35,38,47H,5-7,9,13-15,19,22-24,26-27H2,1-4H3,(H,50,54)(H,51,56)/b16-10-/t31-,33+,35-,38-,46+/m0/s1. The second-order valence-corrected chi connectivity index (χ2v) is 19.8. The first-order valence-electron chi connectivity index (χ1n) is 21.9. The monoisotopic (exact) mass is 883 g/mol. The zero-order chi connectivity index (χ0) is 43.6. The molecule has 3 fully saturated rings. The number of para-hydroxylation sites is 1. The first-order valence-corrected chi connectivity index (χ1v) is 24.2. The van der Waals surface area contributed by atoms with Crippen LogP contribution in [0.1, 0.15) is 95.2 Å². The summed E-state index contributed by atoms with van der Waals surface area (Å²) in [5.74, 6) is -0.536. The van der Waals surface area contributed by atoms with E-state index in [0.29, 0.717) is 55.1 Å². The fraction of sp³-hybridized carbons (Fsp3) is 0.500. The van der Waals surface area contributed by atoms with E-state index in [1.165, 1.54) is 15.6 Å². The van der Waals surface area contributed by atoms with Crippen LogP contribution in [0.25, 0.3) is 21.6 Å². The van der Waals surface area contributed by atoms with Gasteiger partial charge >= 0.3 is 10.2 Å². The van der Waals surface area contributed by atoms with Crippen molar-refractivity contribution < 1.29 is 32.3 Å². The van der Waals surface area contributed by atoms with Crippen molar-refractivity contribution in [1.29, 1.82) is 0 Å². The van der Waals surface area contributed by atoms with Gasteiger partial charge in [0.05, 0.1) is 24.9 Å². The highest BCUT2D eigenvalue weighted by Gasteiger charge is 2.62. The van der Waals surface area contributed by atoms with E-state index < -0.39 is 51.7 Å². The van der Waals surface area contributed by atoms with Gasteiger partial charge in [-0.3, -0.25) is 14.4 Å². The molecule has 5 atom stereocenters. The molecular weight excluding hydrogens is 827 g/mol. The summed E-state index contributed by atoms with van der Waals surface area (Å²) in [5.41, 5.74) is 2.41. The van der Waals surface area contributed by atoms with Crippen LogP contribution in [0.5, 0.6) is 11.5 Å². The van der Waals surface area contributed by atoms with Gasteiger partial charge in [0.1, 0.15) is 45.9 Å². The van der Waals surface area contributed by atoms with Gasteiger partial charge in [-0.15, -0.1) is 11.3 Å². The number of hydrogen-bond acceptors (Lipinski definition) is 11. The van der Waals surface area contributed by atoms with E-state index in [4.69, 9.17) is 19.4 Å². The highest BCUT2D eigenvalue weighted by Crippen LogP contribution is 2.46. The van der Waals surface area contributed by atoms with E-state index in [1.807, 2.05) is 73.0 Å². The molecule has 1 saturated carbocycles. The summed E-state index contributed by atoms with van der Waals surface area (Å²) in [6.07, 6.45) is 9.85. The number of pyridine rings is 1. The SMILES string of the molecule is COc1ccc2c(O[C@@H]3C[C@H]4C(=O)N[C@]5(C(=O)NS(=O)(=O)N6CCCCC6)C[C@@H]5/C=C\CCCCC[C@H](Nc5ccccc5)C(=O)N4C3)cc(-c3nc(C(C)C)cs3)nc2c1C. The predicted octanol–water partition coefficient (Wildman–Crippen LogP) is 6.87. The number of aryl methyl sites for hydroxylation is 1. The lowest BCUT2D eigenvalue weighted by atomic mass is 10.0. The highest BCUT2D eigenvalue weighted by molar-refractivity contribution is 7.87. The molecule has 14 nitrogen and oxygen atoms in total. The molecule has 2 saturated heterocycles. The topological polar surface area (TPSA) is 172 Å². The van der Waals surface area contributed by atoms with Gasteiger partial charge in [-0.25, -0.2) is 14.7 Å². The van der Waals surface area contributed by atoms with Crippen LogP contribution in [-0.2, 0) is 24.6 Å². The number of rotatable bonds is 10. The Morgan fingerprint density at radius 3 is 2.52 bits per heavy atom. The van der Waals surface area contributed by atoms with Crippen molar-refractivity contribution >= 4 is 55.9 Å². The largest absolute Gasteiger partial charge is 0.496 e. The molecule has 3 amide bonds. The maximum absolute atomic E-state index is 14.9. The number of hydrogen-bond donors (Lipinski definition) is 3. The van der Waals surface area contributed by atoms with Crippen LogP contribution >= 0.6 is 11.3 Å². The number of nitrogens with one attached hydrogen (secondary N) is 3. The molecule has 62 heavy (non-hydrogen) atoms. The number of ether oxygens (including phenoxy) is 2. The third-order valence-electron chi connectivity index (χ3n) is 12.6. The third-order valence-corrected chi connectivity index (χ3v) is 15.0. The highest BCUT2D eigenvalue weighted by atomic mass is 32.2. The summed E-state index contributed by atoms with van der Waals surface area (Å²) >= 11 is 1.51. The van der Waals surface area contributed by atoms with Crippen LogP contribution in [0, 0.1) is 12.8 Å². The van der Waals surface area contributed by atoms with Crippen LogP contribution in [-0.4, -0.2) is 95.8 Å². The van der Waals surface area contributed by atoms with Crippen molar-refractivity contribution in [3.05, 3.63) is 77.3 Å². The van der Waals surface area contributed by atoms with E-state index in [0.717, 1.165) is 59.4 Å². The number of carbonyl (C=O) groups excluding carboxylic acids is 3. The average Bonchev–Trinajstić information content (AvgIpc) is 3.54. The maximum atomic E-state index is 14.9. The van der Waals surface area contributed by atoms with Crippen LogP contribution in [0.15, 0.2) is 66.1 Å². The van der Waals surface area contributed by atoms with Gasteiger partial charge in [0, 0.05) is 53.5 Å². The maximum Gasteiger partial charge on any atom is 0.303 e. The minimum atomic E-state index is -4.14. The molecule has 0 bridgehead atoms. The van der Waals surface area contributed by atoms with Crippen LogP contribution in [0.3, 0.4) is 0 Å². The number of anilines is 1. The number of nitrogens with zero attached hydrogens (tertiary/aromatic N) is 4. The quantitative estimate of drug-likeness (QED) is 0.143. The molecule has 330 valence electrons. The van der Waals surface area contributed by atoms with E-state index in [2.05, 4.69) is 29.2 Å². The zero-order valence-electron chi connectivity index (χ0n) is 35.9. The molecule has 16 heteroatoms.